The summed E-state index contributed by atoms with van der Waals surface area (Å²) in [5, 5.41) is 19.9. The Hall–Kier alpha value is -3.44. The molecule has 1 aliphatic carbocycles. The molecule has 2 heterocycles. The number of hydrogen-bond acceptors (Lipinski definition) is 6. The smallest absolute Gasteiger partial charge is 0.262 e. The molecule has 0 saturated heterocycles. The third-order valence-electron chi connectivity index (χ3n) is 6.86. The molecule has 0 spiro atoms. The summed E-state index contributed by atoms with van der Waals surface area (Å²) in [6.45, 7) is 6.60. The molecule has 1 aliphatic rings. The fraction of sp³-hybridized carbons (Fsp3) is 0.393. The van der Waals surface area contributed by atoms with Crippen LogP contribution in [0.2, 0.25) is 0 Å². The molecular weight excluding hydrogens is 468 g/mol. The quantitative estimate of drug-likeness (QED) is 0.308. The van der Waals surface area contributed by atoms with Crippen molar-refractivity contribution in [3.8, 4) is 17.5 Å². The molecule has 0 aliphatic heterocycles. The summed E-state index contributed by atoms with van der Waals surface area (Å²) < 4.78 is 3.75. The minimum atomic E-state index is -0.186. The molecule has 8 heteroatoms. The molecule has 2 aromatic carbocycles. The van der Waals surface area contributed by atoms with Crippen molar-refractivity contribution in [1.82, 2.24) is 24.3 Å². The predicted molar refractivity (Wildman–Crippen MR) is 143 cm³/mol. The predicted octanol–water partition coefficient (Wildman–Crippen LogP) is 5.88. The molecule has 0 unspecified atom stereocenters. The highest BCUT2D eigenvalue weighted by Gasteiger charge is 2.26. The maximum Gasteiger partial charge on any atom is 0.262 e. The lowest BCUT2D eigenvalue weighted by Crippen LogP contribution is -2.24. The van der Waals surface area contributed by atoms with Crippen LogP contribution in [0.3, 0.4) is 0 Å². The molecule has 1 saturated carbocycles. The number of hydrogen-bond donors (Lipinski definition) is 0. The molecule has 0 N–H and O–H groups in total. The summed E-state index contributed by atoms with van der Waals surface area (Å²) in [5.74, 6) is 1.88. The Morgan fingerprint density at radius 3 is 2.47 bits per heavy atom. The van der Waals surface area contributed by atoms with Gasteiger partial charge in [0.05, 0.1) is 22.7 Å². The Labute approximate surface area is 215 Å². The van der Waals surface area contributed by atoms with E-state index in [4.69, 9.17) is 4.98 Å². The summed E-state index contributed by atoms with van der Waals surface area (Å²) in [7, 11) is 0. The molecule has 0 radical (unpaired) electrons. The van der Waals surface area contributed by atoms with Crippen molar-refractivity contribution in [1.29, 1.82) is 5.26 Å². The summed E-state index contributed by atoms with van der Waals surface area (Å²) in [6.07, 6.45) is 4.60. The van der Waals surface area contributed by atoms with E-state index in [9.17, 15) is 10.1 Å². The van der Waals surface area contributed by atoms with E-state index in [1.807, 2.05) is 18.2 Å². The van der Waals surface area contributed by atoms with E-state index in [0.717, 1.165) is 29.4 Å². The average Bonchev–Trinajstić information content (AvgIpc) is 3.54. The van der Waals surface area contributed by atoms with Crippen molar-refractivity contribution < 1.29 is 0 Å². The normalized spacial score (nSPS) is 14.4. The summed E-state index contributed by atoms with van der Waals surface area (Å²) >= 11 is 1.52. The minimum absolute atomic E-state index is 0.0345. The zero-order valence-corrected chi connectivity index (χ0v) is 21.8. The Morgan fingerprint density at radius 1 is 1.06 bits per heavy atom. The van der Waals surface area contributed by atoms with Crippen LogP contribution in [0.25, 0.3) is 22.3 Å². The van der Waals surface area contributed by atoms with Crippen molar-refractivity contribution in [2.24, 2.45) is 0 Å². The Bertz CT molecular complexity index is 1480. The standard InChI is InChI=1S/C28H30N6OS/c1-28(2,3)20-14-12-19(13-15-20)25-31-32-27(34(25)21-8-4-5-9-21)36-18-24-30-23-11-7-6-10-22(23)26(35)33(24)17-16-29/h6-7,10-15,21H,4-5,8-9,17-18H2,1-3H3. The van der Waals surface area contributed by atoms with Gasteiger partial charge in [-0.05, 0) is 36.0 Å². The maximum absolute atomic E-state index is 13.0. The molecule has 0 atom stereocenters. The lowest BCUT2D eigenvalue weighted by atomic mass is 9.86. The van der Waals surface area contributed by atoms with Gasteiger partial charge in [0.2, 0.25) is 0 Å². The molecule has 5 rings (SSSR count). The fourth-order valence-corrected chi connectivity index (χ4v) is 5.82. The third kappa shape index (κ3) is 4.68. The van der Waals surface area contributed by atoms with Crippen molar-refractivity contribution in [2.45, 2.75) is 75.4 Å². The first-order valence-corrected chi connectivity index (χ1v) is 13.4. The van der Waals surface area contributed by atoms with Crippen molar-refractivity contribution in [3.63, 3.8) is 0 Å². The second-order valence-electron chi connectivity index (χ2n) is 10.3. The van der Waals surface area contributed by atoms with Crippen molar-refractivity contribution >= 4 is 22.7 Å². The SMILES string of the molecule is CC(C)(C)c1ccc(-c2nnc(SCc3nc4ccccc4c(=O)n3CC#N)n2C2CCCC2)cc1. The highest BCUT2D eigenvalue weighted by atomic mass is 32.2. The van der Waals surface area contributed by atoms with Gasteiger partial charge < -0.3 is 0 Å². The third-order valence-corrected chi connectivity index (χ3v) is 7.80. The van der Waals surface area contributed by atoms with E-state index < -0.39 is 0 Å². The second-order valence-corrected chi connectivity index (χ2v) is 11.3. The summed E-state index contributed by atoms with van der Waals surface area (Å²) in [6, 6.07) is 18.4. The number of para-hydroxylation sites is 1. The first-order valence-electron chi connectivity index (χ1n) is 12.4. The first kappa shape index (κ1) is 24.3. The number of fused-ring (bicyclic) bond motifs is 1. The van der Waals surface area contributed by atoms with E-state index in [2.05, 4.69) is 65.9 Å². The molecule has 184 valence electrons. The van der Waals surface area contributed by atoms with Gasteiger partial charge in [0.15, 0.2) is 11.0 Å². The zero-order chi connectivity index (χ0) is 25.3. The number of nitriles is 1. The van der Waals surface area contributed by atoms with E-state index >= 15 is 0 Å². The second kappa shape index (κ2) is 9.90. The molecular formula is C28H30N6OS. The number of nitrogens with zero attached hydrogens (tertiary/aromatic N) is 6. The van der Waals surface area contributed by atoms with E-state index in [-0.39, 0.29) is 17.5 Å². The van der Waals surface area contributed by atoms with E-state index in [1.54, 1.807) is 6.07 Å². The van der Waals surface area contributed by atoms with Crippen LogP contribution in [0.15, 0.2) is 58.5 Å². The molecule has 7 nitrogen and oxygen atoms in total. The van der Waals surface area contributed by atoms with Gasteiger partial charge in [0, 0.05) is 11.6 Å². The largest absolute Gasteiger partial charge is 0.299 e. The van der Waals surface area contributed by atoms with Crippen LogP contribution in [0.1, 0.15) is 63.9 Å². The van der Waals surface area contributed by atoms with Crippen LogP contribution in [0, 0.1) is 11.3 Å². The van der Waals surface area contributed by atoms with Gasteiger partial charge in [-0.2, -0.15) is 5.26 Å². The van der Waals surface area contributed by atoms with Gasteiger partial charge in [0.1, 0.15) is 12.4 Å². The van der Waals surface area contributed by atoms with E-state index in [0.29, 0.717) is 28.5 Å². The van der Waals surface area contributed by atoms with Gasteiger partial charge in [-0.25, -0.2) is 4.98 Å². The number of thioether (sulfide) groups is 1. The van der Waals surface area contributed by atoms with Gasteiger partial charge in [0.25, 0.3) is 5.56 Å². The Morgan fingerprint density at radius 2 is 1.78 bits per heavy atom. The van der Waals surface area contributed by atoms with Crippen molar-refractivity contribution in [3.05, 3.63) is 70.3 Å². The first-order chi connectivity index (χ1) is 17.4. The number of aromatic nitrogens is 5. The lowest BCUT2D eigenvalue weighted by molar-refractivity contribution is 0.485. The summed E-state index contributed by atoms with van der Waals surface area (Å²) in [5.41, 5.74) is 2.88. The Balaban J connectivity index is 1.50. The topological polar surface area (TPSA) is 89.4 Å². The molecule has 36 heavy (non-hydrogen) atoms. The van der Waals surface area contributed by atoms with E-state index in [1.165, 1.54) is 34.7 Å². The fourth-order valence-electron chi connectivity index (χ4n) is 4.87. The van der Waals surface area contributed by atoms with Crippen LogP contribution in [-0.4, -0.2) is 24.3 Å². The molecule has 4 aromatic rings. The molecule has 0 bridgehead atoms. The molecule has 2 aromatic heterocycles. The maximum atomic E-state index is 13.0. The summed E-state index contributed by atoms with van der Waals surface area (Å²) in [4.78, 5) is 17.8. The highest BCUT2D eigenvalue weighted by molar-refractivity contribution is 7.98. The average molecular weight is 499 g/mol. The van der Waals surface area contributed by atoms with Crippen LogP contribution >= 0.6 is 11.8 Å². The van der Waals surface area contributed by atoms with Gasteiger partial charge >= 0.3 is 0 Å². The van der Waals surface area contributed by atoms with Gasteiger partial charge in [-0.15, -0.1) is 10.2 Å². The monoisotopic (exact) mass is 498 g/mol. The number of benzene rings is 2. The Kier molecular flexibility index (Phi) is 6.67. The lowest BCUT2D eigenvalue weighted by Gasteiger charge is -2.20. The van der Waals surface area contributed by atoms with Gasteiger partial charge in [-0.1, -0.05) is 81.8 Å². The molecule has 0 amide bonds. The van der Waals surface area contributed by atoms with Crippen LogP contribution < -0.4 is 5.56 Å². The van der Waals surface area contributed by atoms with Crippen LogP contribution in [0.5, 0.6) is 0 Å². The molecule has 1 fully saturated rings. The van der Waals surface area contributed by atoms with Crippen LogP contribution in [-0.2, 0) is 17.7 Å². The zero-order valence-electron chi connectivity index (χ0n) is 20.9. The highest BCUT2D eigenvalue weighted by Crippen LogP contribution is 2.37. The van der Waals surface area contributed by atoms with Crippen molar-refractivity contribution in [2.75, 3.05) is 0 Å². The minimum Gasteiger partial charge on any atom is -0.299 e. The van der Waals surface area contributed by atoms with Gasteiger partial charge in [-0.3, -0.25) is 13.9 Å². The van der Waals surface area contributed by atoms with Crippen LogP contribution in [0.4, 0.5) is 0 Å². The number of rotatable bonds is 6.